The van der Waals surface area contributed by atoms with Crippen molar-refractivity contribution < 1.29 is 9.90 Å². The zero-order valence-corrected chi connectivity index (χ0v) is 11.2. The summed E-state index contributed by atoms with van der Waals surface area (Å²) in [6.45, 7) is 0.458. The zero-order chi connectivity index (χ0) is 13.9. The summed E-state index contributed by atoms with van der Waals surface area (Å²) in [7, 11) is 0. The minimum absolute atomic E-state index is 0.0321. The average Bonchev–Trinajstić information content (AvgIpc) is 2.89. The van der Waals surface area contributed by atoms with Crippen LogP contribution in [0.25, 0.3) is 0 Å². The van der Waals surface area contributed by atoms with Gasteiger partial charge in [0.1, 0.15) is 5.75 Å². The summed E-state index contributed by atoms with van der Waals surface area (Å²) in [4.78, 5) is 12.2. The monoisotopic (exact) mass is 267 g/mol. The van der Waals surface area contributed by atoms with Crippen molar-refractivity contribution >= 4 is 5.91 Å². The van der Waals surface area contributed by atoms with Gasteiger partial charge in [-0.25, -0.2) is 0 Å². The predicted octanol–water partition coefficient (Wildman–Crippen LogP) is 2.42. The van der Waals surface area contributed by atoms with E-state index in [1.165, 1.54) is 11.1 Å². The van der Waals surface area contributed by atoms with Crippen LogP contribution in [0, 0.1) is 5.92 Å². The summed E-state index contributed by atoms with van der Waals surface area (Å²) in [5.74, 6) is 0.347. The van der Waals surface area contributed by atoms with Gasteiger partial charge in [0.25, 0.3) is 0 Å². The highest BCUT2D eigenvalue weighted by atomic mass is 16.3. The lowest BCUT2D eigenvalue weighted by Crippen LogP contribution is -2.30. The lowest BCUT2D eigenvalue weighted by Gasteiger charge is -2.10. The number of hydrogen-bond acceptors (Lipinski definition) is 2. The summed E-state index contributed by atoms with van der Waals surface area (Å²) >= 11 is 0. The fourth-order valence-electron chi connectivity index (χ4n) is 2.74. The standard InChI is InChI=1S/C17H17NO2/c19-16-7-3-4-12(8-16)11-18-17(20)15-9-13-5-1-2-6-14(13)10-15/h1-8,15,19H,9-11H2,(H,18,20). The molecule has 0 unspecified atom stereocenters. The van der Waals surface area contributed by atoms with E-state index in [-0.39, 0.29) is 17.6 Å². The van der Waals surface area contributed by atoms with E-state index in [1.807, 2.05) is 18.2 Å². The van der Waals surface area contributed by atoms with Gasteiger partial charge in [-0.2, -0.15) is 0 Å². The molecule has 3 heteroatoms. The van der Waals surface area contributed by atoms with Gasteiger partial charge in [-0.3, -0.25) is 4.79 Å². The highest BCUT2D eigenvalue weighted by Gasteiger charge is 2.26. The molecule has 0 spiro atoms. The van der Waals surface area contributed by atoms with Crippen molar-refractivity contribution in [1.82, 2.24) is 5.32 Å². The second-order valence-corrected chi connectivity index (χ2v) is 5.26. The summed E-state index contributed by atoms with van der Waals surface area (Å²) in [5, 5.41) is 12.3. The van der Waals surface area contributed by atoms with Crippen LogP contribution >= 0.6 is 0 Å². The highest BCUT2D eigenvalue weighted by molar-refractivity contribution is 5.80. The Morgan fingerprint density at radius 2 is 1.80 bits per heavy atom. The summed E-state index contributed by atoms with van der Waals surface area (Å²) in [5.41, 5.74) is 3.48. The van der Waals surface area contributed by atoms with E-state index in [1.54, 1.807) is 18.2 Å². The number of rotatable bonds is 3. The number of carbonyl (C=O) groups excluding carboxylic acids is 1. The highest BCUT2D eigenvalue weighted by Crippen LogP contribution is 2.26. The Balaban J connectivity index is 1.59. The second-order valence-electron chi connectivity index (χ2n) is 5.26. The van der Waals surface area contributed by atoms with Crippen LogP contribution in [0.1, 0.15) is 16.7 Å². The molecule has 1 aliphatic carbocycles. The predicted molar refractivity (Wildman–Crippen MR) is 77.3 cm³/mol. The van der Waals surface area contributed by atoms with E-state index < -0.39 is 0 Å². The van der Waals surface area contributed by atoms with Crippen LogP contribution in [0.2, 0.25) is 0 Å². The maximum atomic E-state index is 12.2. The first-order valence-corrected chi connectivity index (χ1v) is 6.85. The fourth-order valence-corrected chi connectivity index (χ4v) is 2.74. The molecule has 2 aromatic carbocycles. The number of carbonyl (C=O) groups is 1. The maximum Gasteiger partial charge on any atom is 0.224 e. The Bertz CT molecular complexity index is 611. The van der Waals surface area contributed by atoms with Gasteiger partial charge < -0.3 is 10.4 Å². The molecule has 0 saturated heterocycles. The van der Waals surface area contributed by atoms with Gasteiger partial charge in [-0.05, 0) is 41.7 Å². The van der Waals surface area contributed by atoms with Crippen molar-refractivity contribution in [2.75, 3.05) is 0 Å². The summed E-state index contributed by atoms with van der Waals surface area (Å²) in [6.07, 6.45) is 1.64. The first kappa shape index (κ1) is 12.7. The number of benzene rings is 2. The van der Waals surface area contributed by atoms with E-state index in [9.17, 15) is 9.90 Å². The van der Waals surface area contributed by atoms with Gasteiger partial charge >= 0.3 is 0 Å². The van der Waals surface area contributed by atoms with Crippen LogP contribution in [-0.2, 0) is 24.2 Å². The molecule has 0 heterocycles. The van der Waals surface area contributed by atoms with Crippen molar-refractivity contribution in [3.63, 3.8) is 0 Å². The molecule has 0 radical (unpaired) electrons. The van der Waals surface area contributed by atoms with Crippen LogP contribution in [0.15, 0.2) is 48.5 Å². The van der Waals surface area contributed by atoms with Gasteiger partial charge in [-0.1, -0.05) is 36.4 Å². The summed E-state index contributed by atoms with van der Waals surface area (Å²) < 4.78 is 0. The number of phenols is 1. The van der Waals surface area contributed by atoms with Crippen LogP contribution in [-0.4, -0.2) is 11.0 Å². The van der Waals surface area contributed by atoms with Crippen molar-refractivity contribution in [2.45, 2.75) is 19.4 Å². The third-order valence-corrected chi connectivity index (χ3v) is 3.80. The van der Waals surface area contributed by atoms with Crippen molar-refractivity contribution in [3.05, 3.63) is 65.2 Å². The molecule has 0 fully saturated rings. The molecular formula is C17H17NO2. The smallest absolute Gasteiger partial charge is 0.224 e. The van der Waals surface area contributed by atoms with E-state index in [0.717, 1.165) is 18.4 Å². The minimum atomic E-state index is 0.0321. The van der Waals surface area contributed by atoms with E-state index >= 15 is 0 Å². The number of nitrogens with one attached hydrogen (secondary N) is 1. The Morgan fingerprint density at radius 3 is 2.45 bits per heavy atom. The van der Waals surface area contributed by atoms with Crippen LogP contribution in [0.5, 0.6) is 5.75 Å². The van der Waals surface area contributed by atoms with Gasteiger partial charge in [0.05, 0.1) is 0 Å². The molecule has 0 atom stereocenters. The first-order valence-electron chi connectivity index (χ1n) is 6.85. The number of amides is 1. The van der Waals surface area contributed by atoms with Crippen molar-refractivity contribution in [2.24, 2.45) is 5.92 Å². The topological polar surface area (TPSA) is 49.3 Å². The first-order chi connectivity index (χ1) is 9.72. The molecule has 3 rings (SSSR count). The lowest BCUT2D eigenvalue weighted by molar-refractivity contribution is -0.124. The zero-order valence-electron chi connectivity index (χ0n) is 11.2. The summed E-state index contributed by atoms with van der Waals surface area (Å²) in [6, 6.07) is 15.2. The lowest BCUT2D eigenvalue weighted by atomic mass is 10.1. The molecule has 20 heavy (non-hydrogen) atoms. The minimum Gasteiger partial charge on any atom is -0.508 e. The molecule has 102 valence electrons. The van der Waals surface area contributed by atoms with Crippen LogP contribution < -0.4 is 5.32 Å². The van der Waals surface area contributed by atoms with Gasteiger partial charge in [0.15, 0.2) is 0 Å². The Kier molecular flexibility index (Phi) is 3.42. The molecule has 2 aromatic rings. The Labute approximate surface area is 118 Å². The average molecular weight is 267 g/mol. The number of fused-ring (bicyclic) bond motifs is 1. The third kappa shape index (κ3) is 2.67. The van der Waals surface area contributed by atoms with E-state index in [2.05, 4.69) is 17.4 Å². The molecule has 1 aliphatic rings. The Hall–Kier alpha value is -2.29. The molecule has 3 nitrogen and oxygen atoms in total. The van der Waals surface area contributed by atoms with E-state index in [0.29, 0.717) is 6.54 Å². The van der Waals surface area contributed by atoms with Crippen molar-refractivity contribution in [1.29, 1.82) is 0 Å². The quantitative estimate of drug-likeness (QED) is 0.897. The third-order valence-electron chi connectivity index (χ3n) is 3.80. The molecular weight excluding hydrogens is 250 g/mol. The SMILES string of the molecule is O=C(NCc1cccc(O)c1)C1Cc2ccccc2C1. The number of phenolic OH excluding ortho intramolecular Hbond substituents is 1. The number of hydrogen-bond donors (Lipinski definition) is 2. The molecule has 1 amide bonds. The molecule has 0 bridgehead atoms. The molecule has 0 saturated carbocycles. The second kappa shape index (κ2) is 5.37. The number of aromatic hydroxyl groups is 1. The van der Waals surface area contributed by atoms with E-state index in [4.69, 9.17) is 0 Å². The van der Waals surface area contributed by atoms with Crippen LogP contribution in [0.3, 0.4) is 0 Å². The van der Waals surface area contributed by atoms with Gasteiger partial charge in [-0.15, -0.1) is 0 Å². The normalized spacial score (nSPS) is 14.0. The van der Waals surface area contributed by atoms with Crippen LogP contribution in [0.4, 0.5) is 0 Å². The van der Waals surface area contributed by atoms with Gasteiger partial charge in [0, 0.05) is 12.5 Å². The Morgan fingerprint density at radius 1 is 1.10 bits per heavy atom. The van der Waals surface area contributed by atoms with Gasteiger partial charge in [0.2, 0.25) is 5.91 Å². The molecule has 0 aromatic heterocycles. The molecule has 0 aliphatic heterocycles. The van der Waals surface area contributed by atoms with Crippen molar-refractivity contribution in [3.8, 4) is 5.75 Å². The molecule has 2 N–H and O–H groups in total. The fraction of sp³-hybridized carbons (Fsp3) is 0.235. The maximum absolute atomic E-state index is 12.2. The largest absolute Gasteiger partial charge is 0.508 e.